The van der Waals surface area contributed by atoms with Gasteiger partial charge in [-0.25, -0.2) is 0 Å². The molecule has 66 valence electrons. The summed E-state index contributed by atoms with van der Waals surface area (Å²) in [6.45, 7) is 15.5. The van der Waals surface area contributed by atoms with Crippen LogP contribution in [0.15, 0.2) is 0 Å². The second-order valence-corrected chi connectivity index (χ2v) is 4.74. The highest BCUT2D eigenvalue weighted by Crippen LogP contribution is 2.33. The summed E-state index contributed by atoms with van der Waals surface area (Å²) in [5.41, 5.74) is 0.483. The Labute approximate surface area is 72.4 Å². The van der Waals surface area contributed by atoms with E-state index in [2.05, 4.69) is 41.5 Å². The van der Waals surface area contributed by atoms with E-state index < -0.39 is 0 Å². The summed E-state index contributed by atoms with van der Waals surface area (Å²) < 4.78 is 0. The van der Waals surface area contributed by atoms with Gasteiger partial charge in [-0.3, -0.25) is 0 Å². The molecule has 0 amide bonds. The van der Waals surface area contributed by atoms with E-state index in [0.29, 0.717) is 5.41 Å². The lowest BCUT2D eigenvalue weighted by Crippen LogP contribution is -2.21. The van der Waals surface area contributed by atoms with E-state index in [9.17, 15) is 0 Å². The Bertz CT molecular complexity index is 101. The van der Waals surface area contributed by atoms with Crippen molar-refractivity contribution < 1.29 is 0 Å². The van der Waals surface area contributed by atoms with Crippen LogP contribution in [0.3, 0.4) is 0 Å². The quantitative estimate of drug-likeness (QED) is 0.540. The highest BCUT2D eigenvalue weighted by molar-refractivity contribution is 4.75. The molecule has 0 bridgehead atoms. The zero-order chi connectivity index (χ0) is 9.07. The van der Waals surface area contributed by atoms with E-state index in [1.165, 1.54) is 6.42 Å². The van der Waals surface area contributed by atoms with E-state index in [4.69, 9.17) is 0 Å². The van der Waals surface area contributed by atoms with Crippen LogP contribution in [0.4, 0.5) is 0 Å². The van der Waals surface area contributed by atoms with Crippen molar-refractivity contribution in [2.24, 2.45) is 17.3 Å². The van der Waals surface area contributed by atoms with Crippen molar-refractivity contribution in [1.29, 1.82) is 0 Å². The third-order valence-corrected chi connectivity index (χ3v) is 2.93. The van der Waals surface area contributed by atoms with Crippen molar-refractivity contribution in [1.82, 2.24) is 0 Å². The van der Waals surface area contributed by atoms with Gasteiger partial charge in [-0.1, -0.05) is 34.6 Å². The Kier molecular flexibility index (Phi) is 3.99. The Morgan fingerprint density at radius 2 is 1.64 bits per heavy atom. The van der Waals surface area contributed by atoms with Crippen LogP contribution in [-0.4, -0.2) is 0 Å². The molecular weight excluding hydrogens is 132 g/mol. The first-order valence-electron chi connectivity index (χ1n) is 4.69. The summed E-state index contributed by atoms with van der Waals surface area (Å²) >= 11 is 0. The minimum atomic E-state index is 0.483. The molecule has 0 aromatic rings. The molecule has 0 N–H and O–H groups in total. The molecule has 0 aromatic carbocycles. The van der Waals surface area contributed by atoms with Gasteiger partial charge in [0.1, 0.15) is 0 Å². The predicted octanol–water partition coefficient (Wildman–Crippen LogP) is 3.92. The summed E-state index contributed by atoms with van der Waals surface area (Å²) in [7, 11) is 0. The van der Waals surface area contributed by atoms with Crippen LogP contribution in [0, 0.1) is 24.2 Å². The molecule has 0 aliphatic rings. The lowest BCUT2D eigenvalue weighted by atomic mass is 9.74. The number of rotatable bonds is 4. The fourth-order valence-corrected chi connectivity index (χ4v) is 1.24. The minimum absolute atomic E-state index is 0.483. The zero-order valence-corrected chi connectivity index (χ0v) is 8.78. The molecule has 0 rings (SSSR count). The monoisotopic (exact) mass is 155 g/mol. The van der Waals surface area contributed by atoms with Crippen LogP contribution >= 0.6 is 0 Å². The summed E-state index contributed by atoms with van der Waals surface area (Å²) in [6.07, 6.45) is 2.37. The standard InChI is InChI=1S/C11H23/c1-7-10(4)8-11(5,6)9(2)3/h9-10H,1,7-8H2,2-6H3/q+1. The SMILES string of the molecule is [CH2+]CC(C)CC(C)(C)C(C)C. The minimum Gasteiger partial charge on any atom is -0.0623 e. The van der Waals surface area contributed by atoms with Crippen molar-refractivity contribution in [3.05, 3.63) is 6.92 Å². The van der Waals surface area contributed by atoms with Crippen molar-refractivity contribution >= 4 is 0 Å². The Morgan fingerprint density at radius 3 is 1.91 bits per heavy atom. The normalized spacial score (nSPS) is 15.5. The van der Waals surface area contributed by atoms with Crippen LogP contribution in [0.25, 0.3) is 0 Å². The van der Waals surface area contributed by atoms with Crippen LogP contribution in [0.1, 0.15) is 47.5 Å². The second kappa shape index (κ2) is 4.04. The molecule has 0 saturated carbocycles. The maximum atomic E-state index is 3.93. The lowest BCUT2D eigenvalue weighted by Gasteiger charge is -2.31. The lowest BCUT2D eigenvalue weighted by molar-refractivity contribution is 0.194. The van der Waals surface area contributed by atoms with E-state index in [1.807, 2.05) is 0 Å². The van der Waals surface area contributed by atoms with Crippen LogP contribution in [0.2, 0.25) is 0 Å². The maximum absolute atomic E-state index is 3.93. The molecule has 0 aromatic heterocycles. The Hall–Kier alpha value is -0.130. The van der Waals surface area contributed by atoms with Gasteiger partial charge in [0.15, 0.2) is 0 Å². The van der Waals surface area contributed by atoms with Crippen molar-refractivity contribution in [2.45, 2.75) is 47.5 Å². The summed E-state index contributed by atoms with van der Waals surface area (Å²) in [5.74, 6) is 1.55. The van der Waals surface area contributed by atoms with Crippen LogP contribution in [0.5, 0.6) is 0 Å². The zero-order valence-electron chi connectivity index (χ0n) is 8.78. The molecule has 11 heavy (non-hydrogen) atoms. The van der Waals surface area contributed by atoms with Crippen LogP contribution in [-0.2, 0) is 0 Å². The third kappa shape index (κ3) is 3.69. The number of hydrogen-bond acceptors (Lipinski definition) is 0. The predicted molar refractivity (Wildman–Crippen MR) is 52.4 cm³/mol. The molecule has 0 fully saturated rings. The smallest absolute Gasteiger partial charge is 0.0623 e. The first-order chi connectivity index (χ1) is 4.90. The van der Waals surface area contributed by atoms with E-state index in [1.54, 1.807) is 0 Å². The third-order valence-electron chi connectivity index (χ3n) is 2.93. The average Bonchev–Trinajstić information content (AvgIpc) is 1.86. The molecular formula is C11H23+. The second-order valence-electron chi connectivity index (χ2n) is 4.74. The molecule has 0 spiro atoms. The molecule has 1 unspecified atom stereocenters. The molecule has 1 atom stereocenters. The summed E-state index contributed by atoms with van der Waals surface area (Å²) in [5, 5.41) is 0. The molecule has 0 nitrogen and oxygen atoms in total. The topological polar surface area (TPSA) is 0 Å². The molecule has 0 aliphatic carbocycles. The van der Waals surface area contributed by atoms with Crippen LogP contribution < -0.4 is 0 Å². The van der Waals surface area contributed by atoms with Crippen molar-refractivity contribution in [2.75, 3.05) is 0 Å². The summed E-state index contributed by atoms with van der Waals surface area (Å²) in [6, 6.07) is 0. The van der Waals surface area contributed by atoms with Crippen molar-refractivity contribution in [3.8, 4) is 0 Å². The first-order valence-corrected chi connectivity index (χ1v) is 4.69. The fraction of sp³-hybridized carbons (Fsp3) is 0.909. The molecule has 0 saturated heterocycles. The Morgan fingerprint density at radius 1 is 1.18 bits per heavy atom. The fourth-order valence-electron chi connectivity index (χ4n) is 1.24. The maximum Gasteiger partial charge on any atom is 0.0876 e. The van der Waals surface area contributed by atoms with Gasteiger partial charge in [-0.15, -0.1) is 0 Å². The van der Waals surface area contributed by atoms with Gasteiger partial charge < -0.3 is 0 Å². The average molecular weight is 155 g/mol. The summed E-state index contributed by atoms with van der Waals surface area (Å²) in [4.78, 5) is 0. The molecule has 0 heterocycles. The van der Waals surface area contributed by atoms with E-state index in [0.717, 1.165) is 18.3 Å². The van der Waals surface area contributed by atoms with Gasteiger partial charge in [0.25, 0.3) is 0 Å². The molecule has 0 radical (unpaired) electrons. The van der Waals surface area contributed by atoms with Crippen molar-refractivity contribution in [3.63, 3.8) is 0 Å². The van der Waals surface area contributed by atoms with Gasteiger partial charge in [0.2, 0.25) is 0 Å². The Balaban J connectivity index is 3.90. The van der Waals surface area contributed by atoms with E-state index >= 15 is 0 Å². The highest BCUT2D eigenvalue weighted by atomic mass is 14.3. The van der Waals surface area contributed by atoms with Gasteiger partial charge in [0, 0.05) is 0 Å². The van der Waals surface area contributed by atoms with Gasteiger partial charge in [0.05, 0.1) is 13.3 Å². The number of hydrogen-bond donors (Lipinski definition) is 0. The van der Waals surface area contributed by atoms with E-state index in [-0.39, 0.29) is 0 Å². The first kappa shape index (κ1) is 10.9. The largest absolute Gasteiger partial charge is 0.0876 e. The molecule has 0 aliphatic heterocycles. The van der Waals surface area contributed by atoms with Gasteiger partial charge in [-0.2, -0.15) is 0 Å². The highest BCUT2D eigenvalue weighted by Gasteiger charge is 2.24. The van der Waals surface area contributed by atoms with Gasteiger partial charge >= 0.3 is 0 Å². The molecule has 0 heteroatoms. The van der Waals surface area contributed by atoms with Gasteiger partial charge in [-0.05, 0) is 23.7 Å².